The number of aliphatic hydroxyl groups is 1. The lowest BCUT2D eigenvalue weighted by Crippen LogP contribution is -2.34. The number of methoxy groups -OCH3 is 1. The number of anilines is 1. The number of likely N-dealkylation sites (N-methyl/N-ethyl adjacent to an activating group) is 1. The second-order valence-corrected chi connectivity index (χ2v) is 7.54. The first kappa shape index (κ1) is 32.4. The molecular formula is C27H47N5O3. The van der Waals surface area contributed by atoms with E-state index in [9.17, 15) is 5.11 Å². The highest BCUT2D eigenvalue weighted by Gasteiger charge is 2.15. The van der Waals surface area contributed by atoms with Crippen molar-refractivity contribution >= 4 is 5.69 Å². The van der Waals surface area contributed by atoms with Crippen LogP contribution in [-0.2, 0) is 11.3 Å². The number of ether oxygens (including phenoxy) is 1. The third-order valence-corrected chi connectivity index (χ3v) is 5.25. The van der Waals surface area contributed by atoms with Gasteiger partial charge in [-0.05, 0) is 24.1 Å². The monoisotopic (exact) mass is 489 g/mol. The van der Waals surface area contributed by atoms with Crippen LogP contribution < -0.4 is 26.6 Å². The fourth-order valence-corrected chi connectivity index (χ4v) is 3.60. The largest absolute Gasteiger partial charge is 0.412 e. The lowest BCUT2D eigenvalue weighted by atomic mass is 10.1. The fourth-order valence-electron chi connectivity index (χ4n) is 3.60. The Balaban J connectivity index is 0.000000617. The van der Waals surface area contributed by atoms with Gasteiger partial charge in [-0.2, -0.15) is 0 Å². The molecule has 2 aromatic rings. The molecule has 1 heterocycles. The molecule has 0 saturated carbocycles. The number of para-hydroxylation sites is 1. The number of fused-ring (bicyclic) bond motifs is 1. The highest BCUT2D eigenvalue weighted by molar-refractivity contribution is 5.55. The van der Waals surface area contributed by atoms with Gasteiger partial charge in [0.15, 0.2) is 0 Å². The number of rotatable bonds is 10. The number of hydrogen-bond donors (Lipinski definition) is 5. The minimum Gasteiger partial charge on any atom is -0.412 e. The average Bonchev–Trinajstić information content (AvgIpc) is 3.11. The molecule has 0 spiro atoms. The van der Waals surface area contributed by atoms with Gasteiger partial charge in [0.2, 0.25) is 0 Å². The minimum atomic E-state index is 0. The number of benzene rings is 2. The Kier molecular flexibility index (Phi) is 19.2. The van der Waals surface area contributed by atoms with E-state index in [-0.39, 0.29) is 18.1 Å². The van der Waals surface area contributed by atoms with Crippen molar-refractivity contribution in [2.24, 2.45) is 5.73 Å². The number of nitrogens with two attached hydrogens (primary N) is 1. The molecule has 1 aliphatic rings. The van der Waals surface area contributed by atoms with Crippen LogP contribution in [0.5, 0.6) is 0 Å². The van der Waals surface area contributed by atoms with Crippen molar-refractivity contribution in [2.75, 3.05) is 57.9 Å². The minimum absolute atomic E-state index is 0. The van der Waals surface area contributed by atoms with Gasteiger partial charge < -0.3 is 41.9 Å². The molecule has 35 heavy (non-hydrogen) atoms. The molecule has 2 aromatic carbocycles. The molecule has 0 fully saturated rings. The fraction of sp³-hybridized carbons (Fsp3) is 0.481. The van der Waals surface area contributed by atoms with Gasteiger partial charge in [0, 0.05) is 57.4 Å². The van der Waals surface area contributed by atoms with Crippen molar-refractivity contribution in [2.45, 2.75) is 33.4 Å². The summed E-state index contributed by atoms with van der Waals surface area (Å²) in [6.45, 7) is 12.3. The molecule has 8 N–H and O–H groups in total. The van der Waals surface area contributed by atoms with Crippen LogP contribution in [-0.4, -0.2) is 63.6 Å². The molecule has 198 valence electrons. The molecule has 0 amide bonds. The maximum Gasteiger partial charge on any atom is 0.0626 e. The Morgan fingerprint density at radius 3 is 2.49 bits per heavy atom. The smallest absolute Gasteiger partial charge is 0.0626 e. The van der Waals surface area contributed by atoms with E-state index in [1.807, 2.05) is 44.2 Å². The first-order chi connectivity index (χ1) is 16.7. The van der Waals surface area contributed by atoms with Crippen LogP contribution in [0.25, 0.3) is 0 Å². The van der Waals surface area contributed by atoms with Crippen molar-refractivity contribution < 1.29 is 15.3 Å². The predicted octanol–water partition coefficient (Wildman–Crippen LogP) is 2.16. The van der Waals surface area contributed by atoms with Gasteiger partial charge in [-0.3, -0.25) is 0 Å². The molecular weight excluding hydrogens is 442 g/mol. The van der Waals surface area contributed by atoms with Crippen LogP contribution in [0.1, 0.15) is 37.9 Å². The first-order valence-corrected chi connectivity index (χ1v) is 12.3. The lowest BCUT2D eigenvalue weighted by molar-refractivity contribution is 0.184. The zero-order valence-corrected chi connectivity index (χ0v) is 21.9. The maximum atomic E-state index is 9.18. The highest BCUT2D eigenvalue weighted by atomic mass is 16.5. The Hall–Kier alpha value is -2.62. The Morgan fingerprint density at radius 2 is 1.86 bits per heavy atom. The summed E-state index contributed by atoms with van der Waals surface area (Å²) >= 11 is 0. The summed E-state index contributed by atoms with van der Waals surface area (Å²) < 4.78 is 4.93. The van der Waals surface area contributed by atoms with Crippen LogP contribution in [0.2, 0.25) is 0 Å². The van der Waals surface area contributed by atoms with E-state index in [1.54, 1.807) is 13.3 Å². The van der Waals surface area contributed by atoms with E-state index < -0.39 is 0 Å². The average molecular weight is 490 g/mol. The van der Waals surface area contributed by atoms with E-state index in [2.05, 4.69) is 52.0 Å². The van der Waals surface area contributed by atoms with Crippen molar-refractivity contribution in [1.82, 2.24) is 16.0 Å². The molecule has 0 bridgehead atoms. The Labute approximate surface area is 211 Å². The van der Waals surface area contributed by atoms with Gasteiger partial charge in [-0.1, -0.05) is 62.4 Å². The van der Waals surface area contributed by atoms with Crippen LogP contribution in [0.4, 0.5) is 5.69 Å². The molecule has 0 saturated heterocycles. The van der Waals surface area contributed by atoms with Crippen LogP contribution in [0.15, 0.2) is 66.5 Å². The van der Waals surface area contributed by atoms with Crippen molar-refractivity contribution in [1.29, 1.82) is 0 Å². The third kappa shape index (κ3) is 12.1. The predicted molar refractivity (Wildman–Crippen MR) is 147 cm³/mol. The Bertz CT molecular complexity index is 789. The van der Waals surface area contributed by atoms with E-state index in [1.165, 1.54) is 11.3 Å². The molecule has 0 unspecified atom stereocenters. The summed E-state index contributed by atoms with van der Waals surface area (Å²) in [5, 5.41) is 19.1. The van der Waals surface area contributed by atoms with Gasteiger partial charge >= 0.3 is 0 Å². The molecule has 8 nitrogen and oxygen atoms in total. The van der Waals surface area contributed by atoms with Crippen molar-refractivity contribution in [3.05, 3.63) is 77.6 Å². The molecule has 1 atom stereocenters. The topological polar surface area (TPSA) is 126 Å². The maximum absolute atomic E-state index is 9.18. The summed E-state index contributed by atoms with van der Waals surface area (Å²) in [4.78, 5) is 2.37. The highest BCUT2D eigenvalue weighted by Crippen LogP contribution is 2.22. The van der Waals surface area contributed by atoms with Gasteiger partial charge in [0.1, 0.15) is 0 Å². The van der Waals surface area contributed by atoms with E-state index in [0.29, 0.717) is 6.61 Å². The van der Waals surface area contributed by atoms with Crippen LogP contribution in [0.3, 0.4) is 0 Å². The molecule has 0 aliphatic carbocycles. The van der Waals surface area contributed by atoms with Crippen LogP contribution >= 0.6 is 0 Å². The SMILES string of the molecule is CC.CCN/C(=C\N)CN1CCNCc2ccccc21.COCCN[C@H](CO)c1ccccc1.O. The first-order valence-electron chi connectivity index (χ1n) is 12.3. The van der Waals surface area contributed by atoms with Gasteiger partial charge in [-0.15, -0.1) is 0 Å². The van der Waals surface area contributed by atoms with Gasteiger partial charge in [-0.25, -0.2) is 0 Å². The normalized spacial score (nSPS) is 13.5. The lowest BCUT2D eigenvalue weighted by Gasteiger charge is -2.26. The summed E-state index contributed by atoms with van der Waals surface area (Å²) in [6.07, 6.45) is 1.67. The molecule has 1 aliphatic heterocycles. The van der Waals surface area contributed by atoms with E-state index in [0.717, 1.165) is 50.5 Å². The number of nitrogens with zero attached hydrogens (tertiary/aromatic N) is 1. The van der Waals surface area contributed by atoms with Crippen molar-refractivity contribution in [3.8, 4) is 0 Å². The zero-order chi connectivity index (χ0) is 25.0. The third-order valence-electron chi connectivity index (χ3n) is 5.25. The summed E-state index contributed by atoms with van der Waals surface area (Å²) in [5.41, 5.74) is 10.5. The molecule has 8 heteroatoms. The standard InChI is InChI=1S/C14H22N4.C11H17NO2.C2H6.H2O/c1-2-17-13(9-15)11-18-8-7-16-10-12-5-3-4-6-14(12)18;1-14-8-7-12-11(9-13)10-5-3-2-4-6-10;1-2;/h3-6,9,16-17H,2,7-8,10-11,15H2,1H3;2-6,11-13H,7-9H2,1H3;1-2H3;1H2/b13-9-;;;/t;11-;;/m.1../s1. The summed E-state index contributed by atoms with van der Waals surface area (Å²) in [7, 11) is 1.66. The number of hydrogen-bond acceptors (Lipinski definition) is 7. The molecule has 0 aromatic heterocycles. The number of aliphatic hydroxyl groups excluding tert-OH is 1. The summed E-state index contributed by atoms with van der Waals surface area (Å²) in [5.74, 6) is 0. The Morgan fingerprint density at radius 1 is 1.17 bits per heavy atom. The molecule has 0 radical (unpaired) electrons. The second kappa shape index (κ2) is 20.7. The second-order valence-electron chi connectivity index (χ2n) is 7.54. The van der Waals surface area contributed by atoms with Gasteiger partial charge in [0.25, 0.3) is 0 Å². The van der Waals surface area contributed by atoms with Gasteiger partial charge in [0.05, 0.1) is 25.8 Å². The number of nitrogens with one attached hydrogen (secondary N) is 3. The summed E-state index contributed by atoms with van der Waals surface area (Å²) in [6, 6.07) is 18.5. The quantitative estimate of drug-likeness (QED) is 0.324. The van der Waals surface area contributed by atoms with E-state index in [4.69, 9.17) is 10.5 Å². The van der Waals surface area contributed by atoms with Crippen molar-refractivity contribution in [3.63, 3.8) is 0 Å². The van der Waals surface area contributed by atoms with E-state index >= 15 is 0 Å². The molecule has 3 rings (SSSR count). The zero-order valence-electron chi connectivity index (χ0n) is 21.9. The van der Waals surface area contributed by atoms with Crippen LogP contribution in [0, 0.1) is 0 Å².